The highest BCUT2D eigenvalue weighted by atomic mass is 35.5. The molecule has 8 heteroatoms. The molecule has 144 valence electrons. The number of hydrogen-bond donors (Lipinski definition) is 0. The maximum absolute atomic E-state index is 12.9. The normalized spacial score (nSPS) is 16.6. The highest BCUT2D eigenvalue weighted by Crippen LogP contribution is 2.35. The summed E-state index contributed by atoms with van der Waals surface area (Å²) in [5, 5.41) is 9.69. The summed E-state index contributed by atoms with van der Waals surface area (Å²) in [5.41, 5.74) is 1.70. The fourth-order valence-electron chi connectivity index (χ4n) is 3.21. The number of carbonyl (C=O) groups is 1. The Morgan fingerprint density at radius 2 is 1.89 bits per heavy atom. The highest BCUT2D eigenvalue weighted by molar-refractivity contribution is 8.00. The Kier molecular flexibility index (Phi) is 5.28. The van der Waals surface area contributed by atoms with Crippen molar-refractivity contribution in [2.45, 2.75) is 16.8 Å². The molecule has 0 N–H and O–H groups in total. The fourth-order valence-corrected chi connectivity index (χ4v) is 4.49. The first-order chi connectivity index (χ1) is 13.6. The standard InChI is InChI=1S/C20H19ClN4O2S/c1-24-18(13-7-9-14(27-2)10-8-13)22-23-20(24)28-17-11-12-25(19(17)26)16-6-4-3-5-15(16)21/h3-10,17H,11-12H2,1-2H3. The van der Waals surface area contributed by atoms with Gasteiger partial charge in [-0.1, -0.05) is 35.5 Å². The third-order valence-corrected chi connectivity index (χ3v) is 6.34. The van der Waals surface area contributed by atoms with Crippen molar-refractivity contribution in [2.24, 2.45) is 7.05 Å². The number of halogens is 1. The molecular formula is C20H19ClN4O2S. The van der Waals surface area contributed by atoms with Crippen LogP contribution < -0.4 is 9.64 Å². The van der Waals surface area contributed by atoms with E-state index in [4.69, 9.17) is 16.3 Å². The second-order valence-corrected chi connectivity index (χ2v) is 8.01. The van der Waals surface area contributed by atoms with Crippen molar-refractivity contribution >= 4 is 35.0 Å². The van der Waals surface area contributed by atoms with Crippen molar-refractivity contribution < 1.29 is 9.53 Å². The molecule has 2 aromatic carbocycles. The summed E-state index contributed by atoms with van der Waals surface area (Å²) in [6.07, 6.45) is 0.736. The zero-order chi connectivity index (χ0) is 19.7. The van der Waals surface area contributed by atoms with E-state index in [-0.39, 0.29) is 11.2 Å². The summed E-state index contributed by atoms with van der Waals surface area (Å²) in [6.45, 7) is 0.642. The number of methoxy groups -OCH3 is 1. The summed E-state index contributed by atoms with van der Waals surface area (Å²) >= 11 is 7.70. The van der Waals surface area contributed by atoms with Gasteiger partial charge in [0.1, 0.15) is 5.75 Å². The van der Waals surface area contributed by atoms with Crippen LogP contribution in [0.15, 0.2) is 53.7 Å². The van der Waals surface area contributed by atoms with E-state index in [2.05, 4.69) is 10.2 Å². The zero-order valence-corrected chi connectivity index (χ0v) is 17.1. The number of para-hydroxylation sites is 1. The summed E-state index contributed by atoms with van der Waals surface area (Å²) in [6, 6.07) is 15.1. The van der Waals surface area contributed by atoms with Gasteiger partial charge in [-0.25, -0.2) is 0 Å². The predicted molar refractivity (Wildman–Crippen MR) is 111 cm³/mol. The molecule has 2 heterocycles. The summed E-state index contributed by atoms with van der Waals surface area (Å²) in [4.78, 5) is 14.6. The van der Waals surface area contributed by atoms with Gasteiger partial charge >= 0.3 is 0 Å². The molecule has 1 amide bonds. The minimum absolute atomic E-state index is 0.0482. The fraction of sp³-hybridized carbons (Fsp3) is 0.250. The van der Waals surface area contributed by atoms with Crippen LogP contribution in [0.4, 0.5) is 5.69 Å². The van der Waals surface area contributed by atoms with Gasteiger partial charge in [0.25, 0.3) is 0 Å². The quantitative estimate of drug-likeness (QED) is 0.630. The number of hydrogen-bond acceptors (Lipinski definition) is 5. The molecule has 1 aliphatic rings. The molecule has 4 rings (SSSR count). The minimum Gasteiger partial charge on any atom is -0.497 e. The van der Waals surface area contributed by atoms with Crippen LogP contribution in [0, 0.1) is 0 Å². The first kappa shape index (κ1) is 18.8. The number of amides is 1. The van der Waals surface area contributed by atoms with E-state index in [1.807, 2.05) is 54.1 Å². The van der Waals surface area contributed by atoms with Gasteiger partial charge in [-0.15, -0.1) is 10.2 Å². The lowest BCUT2D eigenvalue weighted by molar-refractivity contribution is -0.116. The topological polar surface area (TPSA) is 60.3 Å². The lowest BCUT2D eigenvalue weighted by atomic mass is 10.2. The van der Waals surface area contributed by atoms with Crippen molar-refractivity contribution in [3.05, 3.63) is 53.6 Å². The number of thioether (sulfide) groups is 1. The van der Waals surface area contributed by atoms with E-state index < -0.39 is 0 Å². The summed E-state index contributed by atoms with van der Waals surface area (Å²) in [7, 11) is 3.55. The van der Waals surface area contributed by atoms with Crippen molar-refractivity contribution in [1.29, 1.82) is 0 Å². The molecule has 1 aliphatic heterocycles. The number of benzene rings is 2. The van der Waals surface area contributed by atoms with Crippen LogP contribution in [0.5, 0.6) is 5.75 Å². The second-order valence-electron chi connectivity index (χ2n) is 6.43. The molecule has 6 nitrogen and oxygen atoms in total. The Hall–Kier alpha value is -2.51. The van der Waals surface area contributed by atoms with Crippen LogP contribution >= 0.6 is 23.4 Å². The summed E-state index contributed by atoms with van der Waals surface area (Å²) in [5.74, 6) is 1.59. The number of carbonyl (C=O) groups excluding carboxylic acids is 1. The smallest absolute Gasteiger partial charge is 0.240 e. The van der Waals surface area contributed by atoms with Gasteiger partial charge in [0.2, 0.25) is 5.91 Å². The maximum Gasteiger partial charge on any atom is 0.240 e. The Morgan fingerprint density at radius 1 is 1.14 bits per heavy atom. The highest BCUT2D eigenvalue weighted by Gasteiger charge is 2.35. The molecule has 0 spiro atoms. The third kappa shape index (κ3) is 3.47. The first-order valence-electron chi connectivity index (χ1n) is 8.85. The maximum atomic E-state index is 12.9. The number of aromatic nitrogens is 3. The second kappa shape index (κ2) is 7.85. The Morgan fingerprint density at radius 3 is 2.61 bits per heavy atom. The third-order valence-electron chi connectivity index (χ3n) is 4.73. The molecule has 1 aromatic heterocycles. The van der Waals surface area contributed by atoms with Crippen molar-refractivity contribution in [3.63, 3.8) is 0 Å². The molecule has 28 heavy (non-hydrogen) atoms. The van der Waals surface area contributed by atoms with Crippen LogP contribution in [-0.4, -0.2) is 39.6 Å². The average Bonchev–Trinajstić information content (AvgIpc) is 3.26. The van der Waals surface area contributed by atoms with Gasteiger partial charge < -0.3 is 14.2 Å². The SMILES string of the molecule is COc1ccc(-c2nnc(SC3CCN(c4ccccc4Cl)C3=O)n2C)cc1. The van der Waals surface area contributed by atoms with Crippen LogP contribution in [0.1, 0.15) is 6.42 Å². The van der Waals surface area contributed by atoms with Gasteiger partial charge in [0, 0.05) is 19.2 Å². The Labute approximate surface area is 172 Å². The molecule has 0 bridgehead atoms. The van der Waals surface area contributed by atoms with E-state index in [1.165, 1.54) is 11.8 Å². The van der Waals surface area contributed by atoms with E-state index in [9.17, 15) is 4.79 Å². The van der Waals surface area contributed by atoms with E-state index in [0.29, 0.717) is 16.7 Å². The van der Waals surface area contributed by atoms with Gasteiger partial charge in [0.05, 0.1) is 23.1 Å². The molecule has 1 fully saturated rings. The van der Waals surface area contributed by atoms with Crippen LogP contribution in [-0.2, 0) is 11.8 Å². The van der Waals surface area contributed by atoms with Gasteiger partial charge in [0.15, 0.2) is 11.0 Å². The largest absolute Gasteiger partial charge is 0.497 e. The number of nitrogens with zero attached hydrogens (tertiary/aromatic N) is 4. The predicted octanol–water partition coefficient (Wildman–Crippen LogP) is 4.04. The monoisotopic (exact) mass is 414 g/mol. The molecule has 1 atom stereocenters. The lowest BCUT2D eigenvalue weighted by Crippen LogP contribution is -2.28. The van der Waals surface area contributed by atoms with E-state index >= 15 is 0 Å². The van der Waals surface area contributed by atoms with Gasteiger partial charge in [-0.05, 0) is 42.8 Å². The lowest BCUT2D eigenvalue weighted by Gasteiger charge is -2.17. The van der Waals surface area contributed by atoms with Gasteiger partial charge in [-0.2, -0.15) is 0 Å². The van der Waals surface area contributed by atoms with E-state index in [0.717, 1.165) is 29.2 Å². The van der Waals surface area contributed by atoms with Crippen LogP contribution in [0.2, 0.25) is 5.02 Å². The molecule has 0 aliphatic carbocycles. The van der Waals surface area contributed by atoms with Crippen LogP contribution in [0.25, 0.3) is 11.4 Å². The average molecular weight is 415 g/mol. The molecule has 3 aromatic rings. The molecular weight excluding hydrogens is 396 g/mol. The number of ether oxygens (including phenoxy) is 1. The molecule has 1 saturated heterocycles. The number of anilines is 1. The minimum atomic E-state index is -0.206. The molecule has 0 radical (unpaired) electrons. The first-order valence-corrected chi connectivity index (χ1v) is 10.1. The van der Waals surface area contributed by atoms with Gasteiger partial charge in [-0.3, -0.25) is 4.79 Å². The van der Waals surface area contributed by atoms with Crippen LogP contribution in [0.3, 0.4) is 0 Å². The Bertz CT molecular complexity index is 1010. The van der Waals surface area contributed by atoms with E-state index in [1.54, 1.807) is 18.1 Å². The van der Waals surface area contributed by atoms with Crippen molar-refractivity contribution in [2.75, 3.05) is 18.6 Å². The van der Waals surface area contributed by atoms with Crippen molar-refractivity contribution in [3.8, 4) is 17.1 Å². The number of rotatable bonds is 5. The summed E-state index contributed by atoms with van der Waals surface area (Å²) < 4.78 is 7.11. The Balaban J connectivity index is 1.51. The molecule has 1 unspecified atom stereocenters. The molecule has 0 saturated carbocycles. The zero-order valence-electron chi connectivity index (χ0n) is 15.5. The van der Waals surface area contributed by atoms with Crippen molar-refractivity contribution in [1.82, 2.24) is 14.8 Å².